The zero-order valence-electron chi connectivity index (χ0n) is 12.6. The highest BCUT2D eigenvalue weighted by molar-refractivity contribution is 5.44. The summed E-state index contributed by atoms with van der Waals surface area (Å²) in [4.78, 5) is 15.7. The molecule has 2 fully saturated rings. The number of nitrogens with one attached hydrogen (secondary N) is 2. The van der Waals surface area contributed by atoms with Gasteiger partial charge < -0.3 is 20.3 Å². The van der Waals surface area contributed by atoms with Crippen LogP contribution in [0.3, 0.4) is 0 Å². The summed E-state index contributed by atoms with van der Waals surface area (Å²) in [6, 6.07) is 0. The zero-order chi connectivity index (χ0) is 14.5. The summed E-state index contributed by atoms with van der Waals surface area (Å²) in [5.41, 5.74) is 0. The number of ether oxygens (including phenoxy) is 1. The average molecular weight is 292 g/mol. The largest absolute Gasteiger partial charge is 0.378 e. The number of aromatic nitrogens is 3. The first kappa shape index (κ1) is 14.3. The van der Waals surface area contributed by atoms with Crippen molar-refractivity contribution < 1.29 is 4.74 Å². The van der Waals surface area contributed by atoms with Crippen molar-refractivity contribution in [1.82, 2.24) is 15.0 Å². The lowest BCUT2D eigenvalue weighted by molar-refractivity contribution is 0.122. The quantitative estimate of drug-likeness (QED) is 0.819. The van der Waals surface area contributed by atoms with Crippen molar-refractivity contribution in [2.24, 2.45) is 5.92 Å². The lowest BCUT2D eigenvalue weighted by Crippen LogP contribution is -2.37. The van der Waals surface area contributed by atoms with E-state index in [9.17, 15) is 0 Å². The van der Waals surface area contributed by atoms with Crippen LogP contribution in [-0.2, 0) is 4.74 Å². The monoisotopic (exact) mass is 292 g/mol. The predicted molar refractivity (Wildman–Crippen MR) is 82.9 cm³/mol. The van der Waals surface area contributed by atoms with Crippen LogP contribution in [-0.4, -0.2) is 54.3 Å². The summed E-state index contributed by atoms with van der Waals surface area (Å²) in [7, 11) is 0. The Balaban J connectivity index is 1.71. The van der Waals surface area contributed by atoms with E-state index in [1.54, 1.807) is 0 Å². The van der Waals surface area contributed by atoms with E-state index in [0.717, 1.165) is 51.3 Å². The molecule has 1 aromatic heterocycles. The number of nitrogens with zero attached hydrogens (tertiary/aromatic N) is 4. The molecule has 0 unspecified atom stereocenters. The maximum Gasteiger partial charge on any atom is 0.232 e. The molecule has 0 bridgehead atoms. The van der Waals surface area contributed by atoms with Gasteiger partial charge in [-0.1, -0.05) is 6.42 Å². The van der Waals surface area contributed by atoms with Gasteiger partial charge in [0.15, 0.2) is 0 Å². The molecule has 2 N–H and O–H groups in total. The second-order valence-electron chi connectivity index (χ2n) is 5.59. The Labute approximate surface area is 125 Å². The second-order valence-corrected chi connectivity index (χ2v) is 5.59. The van der Waals surface area contributed by atoms with Gasteiger partial charge >= 0.3 is 0 Å². The fraction of sp³-hybridized carbons (Fsp3) is 0.786. The highest BCUT2D eigenvalue weighted by atomic mass is 16.5. The molecule has 1 saturated carbocycles. The smallest absolute Gasteiger partial charge is 0.232 e. The standard InChI is InChI=1S/C14H24N6O/c1-2-15-12-17-13(16-10-11-4-3-5-11)19-14(18-12)20-6-8-21-9-7-20/h11H,2-10H2,1H3,(H2,15,16,17,18,19). The third-order valence-electron chi connectivity index (χ3n) is 4.03. The number of morpholine rings is 1. The van der Waals surface area contributed by atoms with E-state index in [1.807, 2.05) is 6.92 Å². The van der Waals surface area contributed by atoms with Crippen LogP contribution in [0.1, 0.15) is 26.2 Å². The first-order valence-electron chi connectivity index (χ1n) is 7.91. The molecule has 7 nitrogen and oxygen atoms in total. The first-order valence-corrected chi connectivity index (χ1v) is 7.91. The van der Waals surface area contributed by atoms with Crippen LogP contribution in [0.5, 0.6) is 0 Å². The first-order chi connectivity index (χ1) is 10.3. The highest BCUT2D eigenvalue weighted by Gasteiger charge is 2.19. The van der Waals surface area contributed by atoms with E-state index in [1.165, 1.54) is 19.3 Å². The van der Waals surface area contributed by atoms with Crippen molar-refractivity contribution in [1.29, 1.82) is 0 Å². The van der Waals surface area contributed by atoms with Gasteiger partial charge in [-0.25, -0.2) is 0 Å². The molecule has 116 valence electrons. The Morgan fingerprint density at radius 3 is 2.43 bits per heavy atom. The van der Waals surface area contributed by atoms with Crippen LogP contribution in [0.4, 0.5) is 17.8 Å². The van der Waals surface area contributed by atoms with Crippen LogP contribution < -0.4 is 15.5 Å². The van der Waals surface area contributed by atoms with Crippen molar-refractivity contribution in [3.63, 3.8) is 0 Å². The third-order valence-corrected chi connectivity index (χ3v) is 4.03. The van der Waals surface area contributed by atoms with Crippen LogP contribution in [0.15, 0.2) is 0 Å². The summed E-state index contributed by atoms with van der Waals surface area (Å²) in [6.45, 7) is 6.92. The Hall–Kier alpha value is -1.63. The van der Waals surface area contributed by atoms with Gasteiger partial charge in [-0.3, -0.25) is 0 Å². The van der Waals surface area contributed by atoms with Gasteiger partial charge in [0.25, 0.3) is 0 Å². The van der Waals surface area contributed by atoms with Crippen LogP contribution in [0, 0.1) is 5.92 Å². The summed E-state index contributed by atoms with van der Waals surface area (Å²) in [5.74, 6) is 2.83. The van der Waals surface area contributed by atoms with Gasteiger partial charge in [-0.2, -0.15) is 15.0 Å². The number of hydrogen-bond donors (Lipinski definition) is 2. The SMILES string of the molecule is CCNc1nc(NCC2CCC2)nc(N2CCOCC2)n1. The van der Waals surface area contributed by atoms with E-state index in [2.05, 4.69) is 30.5 Å². The summed E-state index contributed by atoms with van der Waals surface area (Å²) in [5, 5.41) is 6.55. The maximum atomic E-state index is 5.39. The molecule has 1 saturated heterocycles. The molecule has 0 aromatic carbocycles. The molecular weight excluding hydrogens is 268 g/mol. The van der Waals surface area contributed by atoms with Gasteiger partial charge in [0, 0.05) is 26.2 Å². The Bertz CT molecular complexity index is 459. The Morgan fingerprint density at radius 1 is 1.10 bits per heavy atom. The number of rotatable bonds is 6. The van der Waals surface area contributed by atoms with Gasteiger partial charge in [0.1, 0.15) is 0 Å². The van der Waals surface area contributed by atoms with Crippen molar-refractivity contribution in [2.45, 2.75) is 26.2 Å². The minimum absolute atomic E-state index is 0.644. The third kappa shape index (κ3) is 3.72. The normalized spacial score (nSPS) is 19.2. The van der Waals surface area contributed by atoms with Crippen molar-refractivity contribution in [2.75, 3.05) is 54.9 Å². The molecular formula is C14H24N6O. The molecule has 0 atom stereocenters. The second kappa shape index (κ2) is 6.89. The molecule has 7 heteroatoms. The fourth-order valence-electron chi connectivity index (χ4n) is 2.52. The minimum atomic E-state index is 0.644. The number of hydrogen-bond acceptors (Lipinski definition) is 7. The van der Waals surface area contributed by atoms with E-state index in [0.29, 0.717) is 11.9 Å². The molecule has 0 spiro atoms. The molecule has 1 aliphatic carbocycles. The average Bonchev–Trinajstić information content (AvgIpc) is 2.47. The Kier molecular flexibility index (Phi) is 4.69. The molecule has 1 aromatic rings. The lowest BCUT2D eigenvalue weighted by Gasteiger charge is -2.28. The van der Waals surface area contributed by atoms with Gasteiger partial charge in [0.2, 0.25) is 17.8 Å². The van der Waals surface area contributed by atoms with Crippen molar-refractivity contribution in [3.05, 3.63) is 0 Å². The maximum absolute atomic E-state index is 5.39. The van der Waals surface area contributed by atoms with E-state index >= 15 is 0 Å². The van der Waals surface area contributed by atoms with Gasteiger partial charge in [-0.05, 0) is 25.7 Å². The molecule has 0 radical (unpaired) electrons. The van der Waals surface area contributed by atoms with Crippen LogP contribution in [0.2, 0.25) is 0 Å². The van der Waals surface area contributed by atoms with E-state index < -0.39 is 0 Å². The van der Waals surface area contributed by atoms with Crippen LogP contribution >= 0.6 is 0 Å². The topological polar surface area (TPSA) is 75.2 Å². The zero-order valence-corrected chi connectivity index (χ0v) is 12.6. The summed E-state index contributed by atoms with van der Waals surface area (Å²) < 4.78 is 5.39. The van der Waals surface area contributed by atoms with Gasteiger partial charge in [-0.15, -0.1) is 0 Å². The number of anilines is 3. The van der Waals surface area contributed by atoms with Gasteiger partial charge in [0.05, 0.1) is 13.2 Å². The molecule has 2 heterocycles. The van der Waals surface area contributed by atoms with Crippen LogP contribution in [0.25, 0.3) is 0 Å². The molecule has 1 aliphatic heterocycles. The highest BCUT2D eigenvalue weighted by Crippen LogP contribution is 2.26. The molecule has 2 aliphatic rings. The Morgan fingerprint density at radius 2 is 1.81 bits per heavy atom. The predicted octanol–water partition coefficient (Wildman–Crippen LogP) is 1.35. The lowest BCUT2D eigenvalue weighted by atomic mass is 9.85. The summed E-state index contributed by atoms with van der Waals surface area (Å²) in [6.07, 6.45) is 3.98. The van der Waals surface area contributed by atoms with Crippen molar-refractivity contribution >= 4 is 17.8 Å². The van der Waals surface area contributed by atoms with E-state index in [-0.39, 0.29) is 0 Å². The van der Waals surface area contributed by atoms with Crippen molar-refractivity contribution in [3.8, 4) is 0 Å². The van der Waals surface area contributed by atoms with E-state index in [4.69, 9.17) is 4.74 Å². The molecule has 21 heavy (non-hydrogen) atoms. The molecule has 0 amide bonds. The minimum Gasteiger partial charge on any atom is -0.378 e. The fourth-order valence-corrected chi connectivity index (χ4v) is 2.52. The summed E-state index contributed by atoms with van der Waals surface area (Å²) >= 11 is 0. The molecule has 3 rings (SSSR count).